The average Bonchev–Trinajstić information content (AvgIpc) is 2.26. The van der Waals surface area contributed by atoms with Crippen molar-refractivity contribution in [2.45, 2.75) is 33.7 Å². The second-order valence-corrected chi connectivity index (χ2v) is 5.46. The highest BCUT2D eigenvalue weighted by atomic mass is 19.1. The molecule has 1 atom stereocenters. The fourth-order valence-corrected chi connectivity index (χ4v) is 1.55. The molecule has 1 aromatic rings. The largest absolute Gasteiger partial charge is 0.338 e. The van der Waals surface area contributed by atoms with Crippen LogP contribution in [0.4, 0.5) is 4.39 Å². The molecule has 0 fully saturated rings. The zero-order valence-corrected chi connectivity index (χ0v) is 11.1. The molecule has 0 radical (unpaired) electrons. The first-order chi connectivity index (χ1) is 7.73. The standard InChI is InChI=1S/C14H20FNO/c1-10(14(2,3)4)16(5)13(17)11-6-8-12(15)9-7-11/h6-10H,1-5H3. The third kappa shape index (κ3) is 3.29. The molecular weight excluding hydrogens is 217 g/mol. The molecule has 2 nitrogen and oxygen atoms in total. The van der Waals surface area contributed by atoms with Gasteiger partial charge in [0.05, 0.1) is 0 Å². The molecule has 0 N–H and O–H groups in total. The highest BCUT2D eigenvalue weighted by Crippen LogP contribution is 2.24. The predicted molar refractivity (Wildman–Crippen MR) is 67.4 cm³/mol. The topological polar surface area (TPSA) is 20.3 Å². The van der Waals surface area contributed by atoms with E-state index in [1.807, 2.05) is 6.92 Å². The first-order valence-corrected chi connectivity index (χ1v) is 5.76. The van der Waals surface area contributed by atoms with Gasteiger partial charge in [0, 0.05) is 18.7 Å². The molecule has 1 rings (SSSR count). The third-order valence-corrected chi connectivity index (χ3v) is 3.25. The van der Waals surface area contributed by atoms with Crippen LogP contribution in [0, 0.1) is 11.2 Å². The van der Waals surface area contributed by atoms with Crippen LogP contribution in [0.1, 0.15) is 38.1 Å². The third-order valence-electron chi connectivity index (χ3n) is 3.25. The summed E-state index contributed by atoms with van der Waals surface area (Å²) >= 11 is 0. The minimum absolute atomic E-state index is 0.0183. The van der Waals surface area contributed by atoms with Gasteiger partial charge >= 0.3 is 0 Å². The summed E-state index contributed by atoms with van der Waals surface area (Å²) < 4.78 is 12.8. The van der Waals surface area contributed by atoms with Crippen LogP contribution in [0.5, 0.6) is 0 Å². The van der Waals surface area contributed by atoms with Crippen LogP contribution in [0.2, 0.25) is 0 Å². The number of benzene rings is 1. The van der Waals surface area contributed by atoms with Crippen molar-refractivity contribution in [2.75, 3.05) is 7.05 Å². The molecule has 0 saturated carbocycles. The number of halogens is 1. The molecule has 3 heteroatoms. The van der Waals surface area contributed by atoms with E-state index in [9.17, 15) is 9.18 Å². The number of hydrogen-bond acceptors (Lipinski definition) is 1. The first-order valence-electron chi connectivity index (χ1n) is 5.76. The maximum absolute atomic E-state index is 12.8. The van der Waals surface area contributed by atoms with E-state index in [1.54, 1.807) is 11.9 Å². The summed E-state index contributed by atoms with van der Waals surface area (Å²) in [7, 11) is 1.78. The predicted octanol–water partition coefficient (Wildman–Crippen LogP) is 3.33. The molecule has 0 aliphatic carbocycles. The molecule has 0 aromatic heterocycles. The molecule has 0 saturated heterocycles. The summed E-state index contributed by atoms with van der Waals surface area (Å²) in [6, 6.07) is 5.76. The smallest absolute Gasteiger partial charge is 0.253 e. The van der Waals surface area contributed by atoms with Crippen LogP contribution in [-0.2, 0) is 0 Å². The van der Waals surface area contributed by atoms with E-state index in [-0.39, 0.29) is 23.2 Å². The summed E-state index contributed by atoms with van der Waals surface area (Å²) in [5.41, 5.74) is 0.537. The monoisotopic (exact) mass is 237 g/mol. The number of amides is 1. The molecule has 0 bridgehead atoms. The van der Waals surface area contributed by atoms with Crippen LogP contribution >= 0.6 is 0 Å². The maximum atomic E-state index is 12.8. The number of hydrogen-bond donors (Lipinski definition) is 0. The zero-order valence-electron chi connectivity index (χ0n) is 11.1. The van der Waals surface area contributed by atoms with Gasteiger partial charge in [0.2, 0.25) is 0 Å². The van der Waals surface area contributed by atoms with Crippen LogP contribution in [0.25, 0.3) is 0 Å². The maximum Gasteiger partial charge on any atom is 0.253 e. The van der Waals surface area contributed by atoms with Gasteiger partial charge in [-0.3, -0.25) is 4.79 Å². The van der Waals surface area contributed by atoms with Crippen LogP contribution in [0.3, 0.4) is 0 Å². The molecular formula is C14H20FNO. The van der Waals surface area contributed by atoms with Gasteiger partial charge in [-0.1, -0.05) is 20.8 Å². The van der Waals surface area contributed by atoms with Gasteiger partial charge in [0.1, 0.15) is 5.82 Å². The van der Waals surface area contributed by atoms with E-state index in [4.69, 9.17) is 0 Å². The lowest BCUT2D eigenvalue weighted by molar-refractivity contribution is 0.0629. The summed E-state index contributed by atoms with van der Waals surface area (Å²) in [5.74, 6) is -0.402. The molecule has 1 aromatic carbocycles. The Labute approximate surface area is 102 Å². The summed E-state index contributed by atoms with van der Waals surface area (Å²) in [6.45, 7) is 8.28. The first kappa shape index (κ1) is 13.7. The molecule has 17 heavy (non-hydrogen) atoms. The van der Waals surface area contributed by atoms with Crippen LogP contribution in [0.15, 0.2) is 24.3 Å². The van der Waals surface area contributed by atoms with Crippen LogP contribution in [-0.4, -0.2) is 23.9 Å². The Balaban J connectivity index is 2.87. The van der Waals surface area contributed by atoms with E-state index in [2.05, 4.69) is 20.8 Å². The Morgan fingerprint density at radius 3 is 2.12 bits per heavy atom. The highest BCUT2D eigenvalue weighted by Gasteiger charge is 2.27. The minimum atomic E-state index is -0.326. The summed E-state index contributed by atoms with van der Waals surface area (Å²) in [5, 5.41) is 0. The van der Waals surface area contributed by atoms with Crippen molar-refractivity contribution in [1.82, 2.24) is 4.90 Å². The Morgan fingerprint density at radius 2 is 1.71 bits per heavy atom. The fourth-order valence-electron chi connectivity index (χ4n) is 1.55. The lowest BCUT2D eigenvalue weighted by atomic mass is 9.87. The van der Waals surface area contributed by atoms with E-state index >= 15 is 0 Å². The van der Waals surface area contributed by atoms with Crippen molar-refractivity contribution < 1.29 is 9.18 Å². The van der Waals surface area contributed by atoms with Gasteiger partial charge in [-0.15, -0.1) is 0 Å². The van der Waals surface area contributed by atoms with Gasteiger partial charge in [-0.05, 0) is 36.6 Å². The van der Waals surface area contributed by atoms with Crippen molar-refractivity contribution in [3.63, 3.8) is 0 Å². The molecule has 1 amide bonds. The number of rotatable bonds is 2. The Morgan fingerprint density at radius 1 is 1.24 bits per heavy atom. The minimum Gasteiger partial charge on any atom is -0.338 e. The van der Waals surface area contributed by atoms with E-state index in [1.165, 1.54) is 24.3 Å². The van der Waals surface area contributed by atoms with Crippen molar-refractivity contribution >= 4 is 5.91 Å². The average molecular weight is 237 g/mol. The molecule has 0 aliphatic heterocycles. The van der Waals surface area contributed by atoms with Crippen molar-refractivity contribution in [1.29, 1.82) is 0 Å². The fraction of sp³-hybridized carbons (Fsp3) is 0.500. The Bertz CT molecular complexity index is 392. The zero-order chi connectivity index (χ0) is 13.2. The summed E-state index contributed by atoms with van der Waals surface area (Å²) in [6.07, 6.45) is 0. The van der Waals surface area contributed by atoms with Crippen LogP contribution < -0.4 is 0 Å². The number of nitrogens with zero attached hydrogens (tertiary/aromatic N) is 1. The second-order valence-electron chi connectivity index (χ2n) is 5.46. The lowest BCUT2D eigenvalue weighted by Crippen LogP contribution is -2.42. The normalized spacial score (nSPS) is 13.3. The van der Waals surface area contributed by atoms with Gasteiger partial charge in [0.15, 0.2) is 0 Å². The Hall–Kier alpha value is -1.38. The number of carbonyl (C=O) groups excluding carboxylic acids is 1. The highest BCUT2D eigenvalue weighted by molar-refractivity contribution is 5.94. The molecule has 0 heterocycles. The van der Waals surface area contributed by atoms with Crippen molar-refractivity contribution in [2.24, 2.45) is 5.41 Å². The van der Waals surface area contributed by atoms with Crippen molar-refractivity contribution in [3.8, 4) is 0 Å². The van der Waals surface area contributed by atoms with Gasteiger partial charge in [0.25, 0.3) is 5.91 Å². The van der Waals surface area contributed by atoms with E-state index in [0.29, 0.717) is 5.56 Å². The quantitative estimate of drug-likeness (QED) is 0.772. The second kappa shape index (κ2) is 4.86. The molecule has 0 aliphatic rings. The SMILES string of the molecule is CC(N(C)C(=O)c1ccc(F)cc1)C(C)(C)C. The van der Waals surface area contributed by atoms with Crippen molar-refractivity contribution in [3.05, 3.63) is 35.6 Å². The lowest BCUT2D eigenvalue weighted by Gasteiger charge is -2.35. The van der Waals surface area contributed by atoms with Gasteiger partial charge in [-0.2, -0.15) is 0 Å². The van der Waals surface area contributed by atoms with Gasteiger partial charge in [-0.25, -0.2) is 4.39 Å². The summed E-state index contributed by atoms with van der Waals surface area (Å²) in [4.78, 5) is 13.8. The van der Waals surface area contributed by atoms with E-state index in [0.717, 1.165) is 0 Å². The Kier molecular flexibility index (Phi) is 3.91. The molecule has 0 spiro atoms. The van der Waals surface area contributed by atoms with Gasteiger partial charge < -0.3 is 4.90 Å². The molecule has 94 valence electrons. The van der Waals surface area contributed by atoms with E-state index < -0.39 is 0 Å². The molecule has 1 unspecified atom stereocenters. The number of carbonyl (C=O) groups is 1.